The highest BCUT2D eigenvalue weighted by Gasteiger charge is 2.66. The monoisotopic (exact) mass is 506 g/mol. The second-order valence-corrected chi connectivity index (χ2v) is 8.03. The Labute approximate surface area is 181 Å². The molecule has 29 heavy (non-hydrogen) atoms. The van der Waals surface area contributed by atoms with Gasteiger partial charge in [0.05, 0.1) is 24.3 Å². The molecule has 0 bridgehead atoms. The van der Waals surface area contributed by atoms with Crippen molar-refractivity contribution in [1.29, 1.82) is 5.26 Å². The zero-order valence-corrected chi connectivity index (χ0v) is 17.7. The van der Waals surface area contributed by atoms with E-state index in [1.807, 2.05) is 6.07 Å². The van der Waals surface area contributed by atoms with E-state index in [9.17, 15) is 19.6 Å². The number of amides is 2. The summed E-state index contributed by atoms with van der Waals surface area (Å²) in [6.45, 7) is 1.71. The Hall–Kier alpha value is -2.87. The SMILES string of the molecule is CCOC(=O)[C@]1(C#N)[C@H](c2cccc(I)c2)[C@@H](C(N)=O)N2C=C(C(N)=O)C=C[C@@H]21. The van der Waals surface area contributed by atoms with Gasteiger partial charge >= 0.3 is 5.97 Å². The first-order valence-corrected chi connectivity index (χ1v) is 9.96. The Morgan fingerprint density at radius 1 is 1.34 bits per heavy atom. The molecular weight excluding hydrogens is 487 g/mol. The topological polar surface area (TPSA) is 140 Å². The number of carbonyl (C=O) groups is 3. The van der Waals surface area contributed by atoms with E-state index in [0.29, 0.717) is 5.56 Å². The van der Waals surface area contributed by atoms with E-state index in [0.717, 1.165) is 3.57 Å². The van der Waals surface area contributed by atoms with E-state index >= 15 is 0 Å². The Morgan fingerprint density at radius 2 is 2.07 bits per heavy atom. The van der Waals surface area contributed by atoms with Crippen molar-refractivity contribution in [3.8, 4) is 6.07 Å². The van der Waals surface area contributed by atoms with E-state index in [-0.39, 0.29) is 12.2 Å². The minimum atomic E-state index is -1.74. The highest BCUT2D eigenvalue weighted by atomic mass is 127. The molecule has 3 rings (SSSR count). The number of nitrogens with two attached hydrogens (primary N) is 2. The van der Waals surface area contributed by atoms with Gasteiger partial charge in [0, 0.05) is 15.7 Å². The molecule has 2 amide bonds. The lowest BCUT2D eigenvalue weighted by Gasteiger charge is -2.32. The van der Waals surface area contributed by atoms with Gasteiger partial charge in [-0.1, -0.05) is 18.2 Å². The molecule has 1 fully saturated rings. The summed E-state index contributed by atoms with van der Waals surface area (Å²) in [4.78, 5) is 38.8. The van der Waals surface area contributed by atoms with Crippen LogP contribution in [-0.2, 0) is 19.1 Å². The lowest BCUT2D eigenvalue weighted by molar-refractivity contribution is -0.153. The first kappa shape index (κ1) is 20.9. The molecule has 1 saturated heterocycles. The molecule has 0 aromatic heterocycles. The Kier molecular flexibility index (Phi) is 5.66. The second kappa shape index (κ2) is 7.87. The van der Waals surface area contributed by atoms with Crippen LogP contribution >= 0.6 is 22.6 Å². The number of nitriles is 1. The molecule has 4 N–H and O–H groups in total. The maximum atomic E-state index is 13.1. The molecule has 9 heteroatoms. The van der Waals surface area contributed by atoms with Crippen molar-refractivity contribution in [2.45, 2.75) is 24.9 Å². The largest absolute Gasteiger partial charge is 0.465 e. The summed E-state index contributed by atoms with van der Waals surface area (Å²) >= 11 is 2.11. The standard InChI is InChI=1S/C20H19IN4O4/c1-2-29-19(28)20(10-22)14-7-6-12(17(23)26)9-25(14)16(18(24)27)15(20)11-4-3-5-13(21)8-11/h3-9,14-16H,2H2,1H3,(H2,23,26)(H2,24,27)/t14-,15-,16+,20+/m1/s1. The van der Waals surface area contributed by atoms with Gasteiger partial charge in [0.25, 0.3) is 0 Å². The van der Waals surface area contributed by atoms with Crippen LogP contribution in [0.2, 0.25) is 0 Å². The zero-order chi connectivity index (χ0) is 21.3. The van der Waals surface area contributed by atoms with Gasteiger partial charge in [0.2, 0.25) is 11.8 Å². The normalized spacial score (nSPS) is 27.6. The number of hydrogen-bond donors (Lipinski definition) is 2. The van der Waals surface area contributed by atoms with Crippen LogP contribution in [0.1, 0.15) is 18.4 Å². The van der Waals surface area contributed by atoms with Crippen LogP contribution in [0.5, 0.6) is 0 Å². The fourth-order valence-corrected chi connectivity index (χ4v) is 4.67. The number of primary amides is 2. The Balaban J connectivity index is 2.30. The number of esters is 1. The van der Waals surface area contributed by atoms with Crippen LogP contribution in [0, 0.1) is 20.3 Å². The fraction of sp³-hybridized carbons (Fsp3) is 0.300. The van der Waals surface area contributed by atoms with Crippen molar-refractivity contribution in [1.82, 2.24) is 4.90 Å². The molecule has 2 aliphatic heterocycles. The number of nitrogens with zero attached hydrogens (tertiary/aromatic N) is 2. The van der Waals surface area contributed by atoms with E-state index in [2.05, 4.69) is 28.7 Å². The van der Waals surface area contributed by atoms with Crippen molar-refractivity contribution in [2.75, 3.05) is 6.61 Å². The molecule has 0 spiro atoms. The smallest absolute Gasteiger partial charge is 0.329 e. The van der Waals surface area contributed by atoms with Crippen LogP contribution in [0.4, 0.5) is 0 Å². The first-order chi connectivity index (χ1) is 13.8. The number of hydrogen-bond acceptors (Lipinski definition) is 6. The minimum Gasteiger partial charge on any atom is -0.465 e. The molecule has 0 saturated carbocycles. The third-order valence-electron chi connectivity index (χ3n) is 5.24. The van der Waals surface area contributed by atoms with Gasteiger partial charge in [0.1, 0.15) is 6.04 Å². The number of fused-ring (bicyclic) bond motifs is 1. The maximum Gasteiger partial charge on any atom is 0.329 e. The average molecular weight is 506 g/mol. The number of carbonyl (C=O) groups excluding carboxylic acids is 3. The molecule has 0 aliphatic carbocycles. The lowest BCUT2D eigenvalue weighted by atomic mass is 9.68. The molecular formula is C20H19IN4O4. The summed E-state index contributed by atoms with van der Waals surface area (Å²) in [5.41, 5.74) is 10.1. The quantitative estimate of drug-likeness (QED) is 0.450. The summed E-state index contributed by atoms with van der Waals surface area (Å²) in [5, 5.41) is 10.3. The summed E-state index contributed by atoms with van der Waals surface area (Å²) in [6.07, 6.45) is 4.37. The van der Waals surface area contributed by atoms with Gasteiger partial charge < -0.3 is 21.1 Å². The summed E-state index contributed by atoms with van der Waals surface area (Å²) < 4.78 is 6.13. The van der Waals surface area contributed by atoms with Crippen LogP contribution in [0.3, 0.4) is 0 Å². The second-order valence-electron chi connectivity index (χ2n) is 6.78. The maximum absolute atomic E-state index is 13.1. The van der Waals surface area contributed by atoms with E-state index in [1.165, 1.54) is 23.3 Å². The number of rotatable bonds is 5. The molecule has 2 aliphatic rings. The first-order valence-electron chi connectivity index (χ1n) is 8.88. The van der Waals surface area contributed by atoms with Crippen molar-refractivity contribution in [3.05, 3.63) is 57.3 Å². The minimum absolute atomic E-state index is 0.0708. The summed E-state index contributed by atoms with van der Waals surface area (Å²) in [5.74, 6) is -3.07. The predicted octanol–water partition coefficient (Wildman–Crippen LogP) is 0.925. The van der Waals surface area contributed by atoms with Crippen molar-refractivity contribution in [3.63, 3.8) is 0 Å². The molecule has 150 valence electrons. The molecule has 0 radical (unpaired) electrons. The van der Waals surface area contributed by atoms with Crippen LogP contribution in [0.25, 0.3) is 0 Å². The molecule has 1 aromatic rings. The average Bonchev–Trinajstić information content (AvgIpc) is 2.99. The van der Waals surface area contributed by atoms with E-state index < -0.39 is 41.2 Å². The fourth-order valence-electron chi connectivity index (χ4n) is 4.11. The highest BCUT2D eigenvalue weighted by Crippen LogP contribution is 2.53. The zero-order valence-electron chi connectivity index (χ0n) is 15.5. The predicted molar refractivity (Wildman–Crippen MR) is 112 cm³/mol. The van der Waals surface area contributed by atoms with Gasteiger partial charge in [-0.3, -0.25) is 14.4 Å². The van der Waals surface area contributed by atoms with Crippen LogP contribution in [-0.4, -0.2) is 41.4 Å². The number of halogens is 1. The molecule has 8 nitrogen and oxygen atoms in total. The molecule has 1 aromatic carbocycles. The van der Waals surface area contributed by atoms with Gasteiger partial charge in [-0.05, 0) is 53.3 Å². The Bertz CT molecular complexity index is 983. The van der Waals surface area contributed by atoms with Crippen LogP contribution < -0.4 is 11.5 Å². The third-order valence-corrected chi connectivity index (χ3v) is 5.91. The Morgan fingerprint density at radius 3 is 2.62 bits per heavy atom. The molecule has 4 atom stereocenters. The highest BCUT2D eigenvalue weighted by molar-refractivity contribution is 14.1. The summed E-state index contributed by atoms with van der Waals surface area (Å²) in [7, 11) is 0. The van der Waals surface area contributed by atoms with Crippen LogP contribution in [0.15, 0.2) is 48.2 Å². The van der Waals surface area contributed by atoms with Crippen molar-refractivity contribution in [2.24, 2.45) is 16.9 Å². The van der Waals surface area contributed by atoms with Crippen molar-refractivity contribution < 1.29 is 19.1 Å². The third kappa shape index (κ3) is 3.27. The lowest BCUT2D eigenvalue weighted by Crippen LogP contribution is -2.45. The van der Waals surface area contributed by atoms with E-state index in [4.69, 9.17) is 16.2 Å². The molecule has 2 heterocycles. The van der Waals surface area contributed by atoms with Gasteiger partial charge in [-0.2, -0.15) is 5.26 Å². The van der Waals surface area contributed by atoms with Gasteiger partial charge in [0.15, 0.2) is 5.41 Å². The van der Waals surface area contributed by atoms with Crippen molar-refractivity contribution >= 4 is 40.4 Å². The summed E-state index contributed by atoms with van der Waals surface area (Å²) in [6, 6.07) is 7.41. The molecule has 0 unspecified atom stereocenters. The van der Waals surface area contributed by atoms with E-state index in [1.54, 1.807) is 25.1 Å². The van der Waals surface area contributed by atoms with Gasteiger partial charge in [-0.15, -0.1) is 0 Å². The van der Waals surface area contributed by atoms with Gasteiger partial charge in [-0.25, -0.2) is 0 Å². The number of benzene rings is 1. The number of ether oxygens (including phenoxy) is 1.